The van der Waals surface area contributed by atoms with Gasteiger partial charge in [-0.2, -0.15) is 0 Å². The van der Waals surface area contributed by atoms with Crippen molar-refractivity contribution in [3.63, 3.8) is 0 Å². The number of hydrogen-bond acceptors (Lipinski definition) is 5. The Balaban J connectivity index is 2.32. The lowest BCUT2D eigenvalue weighted by molar-refractivity contribution is 0.167. The van der Waals surface area contributed by atoms with Crippen molar-refractivity contribution >= 4 is 27.5 Å². The SMILES string of the molecule is CCOC(=O)Nc1cc(S(=O)(=O)Nc2ccccc2)ccc1OCC. The van der Waals surface area contributed by atoms with Gasteiger partial charge in [0, 0.05) is 5.69 Å². The van der Waals surface area contributed by atoms with Gasteiger partial charge in [-0.3, -0.25) is 10.0 Å². The van der Waals surface area contributed by atoms with E-state index >= 15 is 0 Å². The van der Waals surface area contributed by atoms with Crippen LogP contribution in [0.4, 0.5) is 16.2 Å². The summed E-state index contributed by atoms with van der Waals surface area (Å²) in [5, 5.41) is 2.49. The third-order valence-electron chi connectivity index (χ3n) is 3.10. The van der Waals surface area contributed by atoms with Gasteiger partial charge in [-0.05, 0) is 44.2 Å². The lowest BCUT2D eigenvalue weighted by Gasteiger charge is -2.14. The Labute approximate surface area is 147 Å². The van der Waals surface area contributed by atoms with E-state index in [1.165, 1.54) is 18.2 Å². The van der Waals surface area contributed by atoms with Crippen molar-refractivity contribution in [2.45, 2.75) is 18.7 Å². The number of carbonyl (C=O) groups is 1. The van der Waals surface area contributed by atoms with Crippen LogP contribution in [0.15, 0.2) is 53.4 Å². The van der Waals surface area contributed by atoms with Crippen molar-refractivity contribution in [1.82, 2.24) is 0 Å². The molecule has 8 heteroatoms. The van der Waals surface area contributed by atoms with Crippen molar-refractivity contribution in [2.75, 3.05) is 23.3 Å². The zero-order valence-corrected chi connectivity index (χ0v) is 14.8. The summed E-state index contributed by atoms with van der Waals surface area (Å²) in [6.07, 6.45) is -0.686. The number of rotatable bonds is 7. The molecule has 0 aliphatic carbocycles. The average Bonchev–Trinajstić information content (AvgIpc) is 2.57. The Kier molecular flexibility index (Phi) is 6.24. The zero-order chi connectivity index (χ0) is 18.3. The molecule has 0 radical (unpaired) electrons. The molecule has 0 unspecified atom stereocenters. The van der Waals surface area contributed by atoms with Crippen LogP contribution in [0.1, 0.15) is 13.8 Å². The topological polar surface area (TPSA) is 93.7 Å². The minimum atomic E-state index is -3.81. The second kappa shape index (κ2) is 8.39. The molecule has 0 aliphatic heterocycles. The standard InChI is InChI=1S/C17H20N2O5S/c1-3-23-16-11-10-14(12-15(16)18-17(20)24-4-2)25(21,22)19-13-8-6-5-7-9-13/h5-12,19H,3-4H2,1-2H3,(H,18,20). The van der Waals surface area contributed by atoms with E-state index in [1.807, 2.05) is 0 Å². The van der Waals surface area contributed by atoms with Crippen LogP contribution < -0.4 is 14.8 Å². The number of nitrogens with one attached hydrogen (secondary N) is 2. The Bertz CT molecular complexity index is 822. The van der Waals surface area contributed by atoms with Crippen molar-refractivity contribution in [3.8, 4) is 5.75 Å². The number of anilines is 2. The van der Waals surface area contributed by atoms with Gasteiger partial charge < -0.3 is 9.47 Å². The van der Waals surface area contributed by atoms with Crippen LogP contribution in [-0.2, 0) is 14.8 Å². The first-order valence-electron chi connectivity index (χ1n) is 7.74. The van der Waals surface area contributed by atoms with Gasteiger partial charge in [0.05, 0.1) is 23.8 Å². The molecule has 0 saturated heterocycles. The first-order valence-corrected chi connectivity index (χ1v) is 9.23. The molecule has 0 saturated carbocycles. The molecule has 0 heterocycles. The number of amides is 1. The highest BCUT2D eigenvalue weighted by Gasteiger charge is 2.18. The lowest BCUT2D eigenvalue weighted by Crippen LogP contribution is -2.16. The molecule has 0 fully saturated rings. The van der Waals surface area contributed by atoms with E-state index in [0.717, 1.165) is 0 Å². The van der Waals surface area contributed by atoms with Crippen LogP contribution >= 0.6 is 0 Å². The number of carbonyl (C=O) groups excluding carboxylic acids is 1. The molecule has 0 bridgehead atoms. The summed E-state index contributed by atoms with van der Waals surface area (Å²) >= 11 is 0. The summed E-state index contributed by atoms with van der Waals surface area (Å²) in [5.41, 5.74) is 0.660. The van der Waals surface area contributed by atoms with Gasteiger partial charge in [0.25, 0.3) is 10.0 Å². The van der Waals surface area contributed by atoms with Crippen molar-refractivity contribution in [1.29, 1.82) is 0 Å². The Morgan fingerprint density at radius 2 is 1.76 bits per heavy atom. The van der Waals surface area contributed by atoms with E-state index in [0.29, 0.717) is 18.0 Å². The number of benzene rings is 2. The predicted molar refractivity (Wildman–Crippen MR) is 95.5 cm³/mol. The molecule has 0 aliphatic rings. The highest BCUT2D eigenvalue weighted by atomic mass is 32.2. The van der Waals surface area contributed by atoms with E-state index in [4.69, 9.17) is 9.47 Å². The van der Waals surface area contributed by atoms with Gasteiger partial charge in [0.15, 0.2) is 0 Å². The molecule has 2 N–H and O–H groups in total. The molecule has 7 nitrogen and oxygen atoms in total. The third kappa shape index (κ3) is 5.12. The van der Waals surface area contributed by atoms with Crippen LogP contribution in [0.3, 0.4) is 0 Å². The molecular weight excluding hydrogens is 344 g/mol. The summed E-state index contributed by atoms with van der Waals surface area (Å²) in [6.45, 7) is 4.03. The fourth-order valence-electron chi connectivity index (χ4n) is 2.05. The highest BCUT2D eigenvalue weighted by Crippen LogP contribution is 2.29. The van der Waals surface area contributed by atoms with Crippen molar-refractivity contribution < 1.29 is 22.7 Å². The molecule has 2 aromatic rings. The Morgan fingerprint density at radius 3 is 2.40 bits per heavy atom. The van der Waals surface area contributed by atoms with E-state index in [1.54, 1.807) is 44.2 Å². The van der Waals surface area contributed by atoms with Crippen molar-refractivity contribution in [2.24, 2.45) is 0 Å². The maximum Gasteiger partial charge on any atom is 0.411 e. The van der Waals surface area contributed by atoms with Crippen molar-refractivity contribution in [3.05, 3.63) is 48.5 Å². The van der Waals surface area contributed by atoms with E-state index in [-0.39, 0.29) is 17.2 Å². The van der Waals surface area contributed by atoms with Gasteiger partial charge in [0.2, 0.25) is 0 Å². The number of hydrogen-bond donors (Lipinski definition) is 2. The smallest absolute Gasteiger partial charge is 0.411 e. The Morgan fingerprint density at radius 1 is 1.04 bits per heavy atom. The minimum absolute atomic E-state index is 0.00777. The number of ether oxygens (including phenoxy) is 2. The van der Waals surface area contributed by atoms with Crippen LogP contribution in [0.2, 0.25) is 0 Å². The quantitative estimate of drug-likeness (QED) is 0.785. The fraction of sp³-hybridized carbons (Fsp3) is 0.235. The van der Waals surface area contributed by atoms with Gasteiger partial charge in [-0.1, -0.05) is 18.2 Å². The Hall–Kier alpha value is -2.74. The minimum Gasteiger partial charge on any atom is -0.492 e. The summed E-state index contributed by atoms with van der Waals surface area (Å²) in [4.78, 5) is 11.7. The third-order valence-corrected chi connectivity index (χ3v) is 4.48. The van der Waals surface area contributed by atoms with Crippen LogP contribution in [-0.4, -0.2) is 27.7 Å². The van der Waals surface area contributed by atoms with Gasteiger partial charge in [-0.15, -0.1) is 0 Å². The van der Waals surface area contributed by atoms with Gasteiger partial charge in [0.1, 0.15) is 5.75 Å². The van der Waals surface area contributed by atoms with Gasteiger partial charge in [-0.25, -0.2) is 13.2 Å². The second-order valence-electron chi connectivity index (χ2n) is 4.91. The van der Waals surface area contributed by atoms with Crippen LogP contribution in [0.25, 0.3) is 0 Å². The first-order chi connectivity index (χ1) is 12.0. The number of para-hydroxylation sites is 1. The maximum atomic E-state index is 12.5. The van der Waals surface area contributed by atoms with Gasteiger partial charge >= 0.3 is 6.09 Å². The van der Waals surface area contributed by atoms with Crippen LogP contribution in [0.5, 0.6) is 5.75 Å². The lowest BCUT2D eigenvalue weighted by atomic mass is 10.3. The fourth-order valence-corrected chi connectivity index (χ4v) is 3.14. The molecule has 134 valence electrons. The van der Waals surface area contributed by atoms with E-state index < -0.39 is 16.1 Å². The molecule has 2 aromatic carbocycles. The predicted octanol–water partition coefficient (Wildman–Crippen LogP) is 3.45. The number of sulfonamides is 1. The normalized spacial score (nSPS) is 10.8. The van der Waals surface area contributed by atoms with E-state index in [9.17, 15) is 13.2 Å². The summed E-state index contributed by atoms with van der Waals surface area (Å²) in [7, 11) is -3.81. The molecule has 0 spiro atoms. The summed E-state index contributed by atoms with van der Waals surface area (Å²) in [6, 6.07) is 12.8. The first kappa shape index (κ1) is 18.6. The molecule has 0 aromatic heterocycles. The summed E-state index contributed by atoms with van der Waals surface area (Å²) in [5.74, 6) is 0.356. The monoisotopic (exact) mass is 364 g/mol. The second-order valence-corrected chi connectivity index (χ2v) is 6.59. The average molecular weight is 364 g/mol. The van der Waals surface area contributed by atoms with Crippen LogP contribution in [0, 0.1) is 0 Å². The largest absolute Gasteiger partial charge is 0.492 e. The molecular formula is C17H20N2O5S. The highest BCUT2D eigenvalue weighted by molar-refractivity contribution is 7.92. The molecule has 25 heavy (non-hydrogen) atoms. The molecule has 0 atom stereocenters. The summed E-state index contributed by atoms with van der Waals surface area (Å²) < 4.78 is 37.8. The maximum absolute atomic E-state index is 12.5. The molecule has 2 rings (SSSR count). The molecule has 1 amide bonds. The van der Waals surface area contributed by atoms with E-state index in [2.05, 4.69) is 10.0 Å². The zero-order valence-electron chi connectivity index (χ0n) is 14.0.